The Balaban J connectivity index is 1.33. The highest BCUT2D eigenvalue weighted by Crippen LogP contribution is 2.27. The van der Waals surface area contributed by atoms with Crippen molar-refractivity contribution in [2.45, 2.75) is 51.5 Å². The Bertz CT molecular complexity index is 805. The maximum atomic E-state index is 13.0. The zero-order valence-corrected chi connectivity index (χ0v) is 18.7. The molecular weight excluding hydrogens is 388 g/mol. The topological polar surface area (TPSA) is 59.4 Å². The van der Waals surface area contributed by atoms with Gasteiger partial charge in [-0.05, 0) is 75.3 Å². The van der Waals surface area contributed by atoms with E-state index in [0.29, 0.717) is 11.8 Å². The minimum absolute atomic E-state index is 0.0435. The van der Waals surface area contributed by atoms with Crippen LogP contribution in [0.2, 0.25) is 0 Å². The Labute approximate surface area is 186 Å². The maximum Gasteiger partial charge on any atom is 0.251 e. The number of amides is 1. The second-order valence-electron chi connectivity index (χ2n) is 9.07. The molecule has 2 unspecified atom stereocenters. The highest BCUT2D eigenvalue weighted by molar-refractivity contribution is 5.94. The van der Waals surface area contributed by atoms with E-state index in [1.807, 2.05) is 35.0 Å². The molecule has 6 heteroatoms. The van der Waals surface area contributed by atoms with Gasteiger partial charge in [0, 0.05) is 49.4 Å². The molecule has 4 rings (SSSR count). The first-order valence-corrected chi connectivity index (χ1v) is 11.9. The minimum Gasteiger partial charge on any atom is -0.381 e. The number of piperidine rings is 1. The van der Waals surface area contributed by atoms with E-state index in [1.165, 1.54) is 38.6 Å². The van der Waals surface area contributed by atoms with Crippen molar-refractivity contribution in [2.75, 3.05) is 32.8 Å². The summed E-state index contributed by atoms with van der Waals surface area (Å²) in [7, 11) is 0. The van der Waals surface area contributed by atoms with Crippen LogP contribution in [0.4, 0.5) is 0 Å². The summed E-state index contributed by atoms with van der Waals surface area (Å²) >= 11 is 0. The van der Waals surface area contributed by atoms with E-state index in [0.717, 1.165) is 44.0 Å². The summed E-state index contributed by atoms with van der Waals surface area (Å²) in [4.78, 5) is 19.7. The van der Waals surface area contributed by atoms with Gasteiger partial charge in [0.2, 0.25) is 0 Å². The minimum atomic E-state index is 0.0435. The van der Waals surface area contributed by atoms with Crippen molar-refractivity contribution in [3.05, 3.63) is 48.5 Å². The average Bonchev–Trinajstić information content (AvgIpc) is 3.34. The van der Waals surface area contributed by atoms with E-state index in [4.69, 9.17) is 4.74 Å². The van der Waals surface area contributed by atoms with Crippen LogP contribution in [0.15, 0.2) is 43.0 Å². The number of nitrogens with one attached hydrogen (secondary N) is 1. The number of hydrogen-bond acceptors (Lipinski definition) is 4. The van der Waals surface area contributed by atoms with Crippen molar-refractivity contribution in [1.82, 2.24) is 19.8 Å². The van der Waals surface area contributed by atoms with Gasteiger partial charge >= 0.3 is 0 Å². The standard InChI is InChI=1S/C25H36N4O2/c1-2-31-18-20-6-5-14-28(16-20)17-22-7-3-4-8-24(22)27-25(30)21-9-11-23(12-10-21)29-15-13-26-19-29/h9-13,15,19-20,22,24H,2-8,14,16-18H2,1H3,(H,27,30)/t20?,22-,24?/m0/s1. The normalized spacial score (nSPS) is 24.7. The summed E-state index contributed by atoms with van der Waals surface area (Å²) in [6.07, 6.45) is 12.7. The summed E-state index contributed by atoms with van der Waals surface area (Å²) in [5.74, 6) is 1.23. The van der Waals surface area contributed by atoms with E-state index in [1.54, 1.807) is 12.5 Å². The van der Waals surface area contributed by atoms with Crippen molar-refractivity contribution in [3.63, 3.8) is 0 Å². The molecule has 1 saturated carbocycles. The number of imidazole rings is 1. The first-order chi connectivity index (χ1) is 15.2. The number of aromatic nitrogens is 2. The molecule has 1 aliphatic carbocycles. The Kier molecular flexibility index (Phi) is 7.76. The van der Waals surface area contributed by atoms with Crippen LogP contribution in [0.25, 0.3) is 5.69 Å². The molecule has 1 aliphatic heterocycles. The first kappa shape index (κ1) is 22.0. The van der Waals surface area contributed by atoms with Gasteiger partial charge in [0.1, 0.15) is 0 Å². The Morgan fingerprint density at radius 3 is 2.77 bits per heavy atom. The molecule has 1 N–H and O–H groups in total. The Morgan fingerprint density at radius 2 is 2.00 bits per heavy atom. The number of carbonyl (C=O) groups is 1. The van der Waals surface area contributed by atoms with Gasteiger partial charge in [0.25, 0.3) is 5.91 Å². The second-order valence-corrected chi connectivity index (χ2v) is 9.07. The molecule has 1 saturated heterocycles. The highest BCUT2D eigenvalue weighted by Gasteiger charge is 2.30. The molecule has 1 aromatic heterocycles. The Morgan fingerprint density at radius 1 is 1.16 bits per heavy atom. The summed E-state index contributed by atoms with van der Waals surface area (Å²) in [5, 5.41) is 3.37. The van der Waals surface area contributed by atoms with Gasteiger partial charge in [-0.2, -0.15) is 0 Å². The monoisotopic (exact) mass is 424 g/mol. The molecule has 0 bridgehead atoms. The molecule has 2 fully saturated rings. The van der Waals surface area contributed by atoms with Crippen LogP contribution in [0.3, 0.4) is 0 Å². The molecule has 2 heterocycles. The third-order valence-electron chi connectivity index (χ3n) is 6.81. The second kappa shape index (κ2) is 10.9. The fourth-order valence-corrected chi connectivity index (χ4v) is 5.13. The van der Waals surface area contributed by atoms with Crippen LogP contribution in [0.5, 0.6) is 0 Å². The molecule has 1 amide bonds. The van der Waals surface area contributed by atoms with Crippen LogP contribution < -0.4 is 5.32 Å². The predicted molar refractivity (Wildman–Crippen MR) is 122 cm³/mol. The van der Waals surface area contributed by atoms with Crippen LogP contribution in [0, 0.1) is 11.8 Å². The molecular formula is C25H36N4O2. The molecule has 0 radical (unpaired) electrons. The number of hydrogen-bond donors (Lipinski definition) is 1. The predicted octanol–water partition coefficient (Wildman–Crippen LogP) is 3.91. The molecule has 3 atom stereocenters. The van der Waals surface area contributed by atoms with Crippen molar-refractivity contribution >= 4 is 5.91 Å². The lowest BCUT2D eigenvalue weighted by molar-refractivity contribution is 0.0548. The third-order valence-corrected chi connectivity index (χ3v) is 6.81. The van der Waals surface area contributed by atoms with E-state index < -0.39 is 0 Å². The number of ether oxygens (including phenoxy) is 1. The van der Waals surface area contributed by atoms with Crippen LogP contribution in [-0.2, 0) is 4.74 Å². The molecule has 168 valence electrons. The largest absolute Gasteiger partial charge is 0.381 e. The molecule has 1 aromatic carbocycles. The highest BCUT2D eigenvalue weighted by atomic mass is 16.5. The van der Waals surface area contributed by atoms with E-state index in [2.05, 4.69) is 22.1 Å². The summed E-state index contributed by atoms with van der Waals surface area (Å²) in [5.41, 5.74) is 1.74. The smallest absolute Gasteiger partial charge is 0.251 e. The number of carbonyl (C=O) groups excluding carboxylic acids is 1. The fraction of sp³-hybridized carbons (Fsp3) is 0.600. The van der Waals surface area contributed by atoms with Gasteiger partial charge in [-0.3, -0.25) is 4.79 Å². The molecule has 2 aliphatic rings. The number of nitrogens with zero attached hydrogens (tertiary/aromatic N) is 3. The Hall–Kier alpha value is -2.18. The van der Waals surface area contributed by atoms with E-state index in [-0.39, 0.29) is 11.9 Å². The van der Waals surface area contributed by atoms with Crippen LogP contribution in [0.1, 0.15) is 55.8 Å². The van der Waals surface area contributed by atoms with Crippen molar-refractivity contribution in [2.24, 2.45) is 11.8 Å². The van der Waals surface area contributed by atoms with Crippen molar-refractivity contribution < 1.29 is 9.53 Å². The summed E-state index contributed by atoms with van der Waals surface area (Å²) < 4.78 is 7.62. The maximum absolute atomic E-state index is 13.0. The zero-order valence-electron chi connectivity index (χ0n) is 18.7. The van der Waals surface area contributed by atoms with Crippen LogP contribution >= 0.6 is 0 Å². The van der Waals surface area contributed by atoms with Gasteiger partial charge in [-0.25, -0.2) is 4.98 Å². The lowest BCUT2D eigenvalue weighted by atomic mass is 9.83. The van der Waals surface area contributed by atoms with Gasteiger partial charge < -0.3 is 19.5 Å². The third kappa shape index (κ3) is 5.95. The summed E-state index contributed by atoms with van der Waals surface area (Å²) in [6.45, 7) is 7.15. The van der Waals surface area contributed by atoms with Gasteiger partial charge in [-0.15, -0.1) is 0 Å². The van der Waals surface area contributed by atoms with Gasteiger partial charge in [0.15, 0.2) is 0 Å². The van der Waals surface area contributed by atoms with Crippen LogP contribution in [-0.4, -0.2) is 59.2 Å². The zero-order chi connectivity index (χ0) is 21.5. The number of likely N-dealkylation sites (tertiary alicyclic amines) is 1. The lowest BCUT2D eigenvalue weighted by Gasteiger charge is -2.39. The number of rotatable bonds is 8. The molecule has 6 nitrogen and oxygen atoms in total. The fourth-order valence-electron chi connectivity index (χ4n) is 5.13. The van der Waals surface area contributed by atoms with E-state index >= 15 is 0 Å². The first-order valence-electron chi connectivity index (χ1n) is 11.9. The lowest BCUT2D eigenvalue weighted by Crippen LogP contribution is -2.48. The SMILES string of the molecule is CCOCC1CCCN(C[C@@H]2CCCCC2NC(=O)c2ccc(-n3ccnc3)cc2)C1. The molecule has 31 heavy (non-hydrogen) atoms. The van der Waals surface area contributed by atoms with Gasteiger partial charge in [0.05, 0.1) is 12.9 Å². The van der Waals surface area contributed by atoms with Gasteiger partial charge in [-0.1, -0.05) is 12.8 Å². The van der Waals surface area contributed by atoms with E-state index in [9.17, 15) is 4.79 Å². The molecule has 2 aromatic rings. The summed E-state index contributed by atoms with van der Waals surface area (Å²) in [6, 6.07) is 8.03. The number of benzene rings is 1. The quantitative estimate of drug-likeness (QED) is 0.698. The van der Waals surface area contributed by atoms with Crippen molar-refractivity contribution in [3.8, 4) is 5.69 Å². The molecule has 0 spiro atoms. The van der Waals surface area contributed by atoms with Crippen molar-refractivity contribution in [1.29, 1.82) is 0 Å². The average molecular weight is 425 g/mol.